The molecule has 9 aromatic carbocycles. The monoisotopic (exact) mass is 693 g/mol. The predicted molar refractivity (Wildman–Crippen MR) is 224 cm³/mol. The molecular formula is C48H28BNO2S. The molecule has 3 heterocycles. The Balaban J connectivity index is 1.10. The van der Waals surface area contributed by atoms with Gasteiger partial charge in [0.25, 0.3) is 6.71 Å². The van der Waals surface area contributed by atoms with Crippen molar-refractivity contribution in [3.05, 3.63) is 170 Å². The van der Waals surface area contributed by atoms with E-state index in [0.29, 0.717) is 0 Å². The minimum atomic E-state index is -0.0411. The van der Waals surface area contributed by atoms with Gasteiger partial charge in [0.2, 0.25) is 0 Å². The number of ether oxygens (including phenoxy) is 2. The van der Waals surface area contributed by atoms with E-state index in [9.17, 15) is 0 Å². The first kappa shape index (κ1) is 29.1. The number of para-hydroxylation sites is 2. The van der Waals surface area contributed by atoms with Crippen LogP contribution in [0.25, 0.3) is 52.5 Å². The molecule has 5 heteroatoms. The van der Waals surface area contributed by atoms with Crippen LogP contribution in [-0.2, 0) is 0 Å². The average Bonchev–Trinajstić information content (AvgIpc) is 3.60. The maximum absolute atomic E-state index is 7.09. The van der Waals surface area contributed by atoms with Crippen LogP contribution in [0, 0.1) is 0 Å². The van der Waals surface area contributed by atoms with E-state index in [1.54, 1.807) is 0 Å². The molecule has 2 aliphatic rings. The van der Waals surface area contributed by atoms with Crippen LogP contribution in [0.2, 0.25) is 0 Å². The Morgan fingerprint density at radius 2 is 0.962 bits per heavy atom. The fourth-order valence-corrected chi connectivity index (χ4v) is 10.1. The van der Waals surface area contributed by atoms with Crippen LogP contribution in [0.15, 0.2) is 170 Å². The lowest BCUT2D eigenvalue weighted by atomic mass is 9.33. The molecule has 3 nitrogen and oxygen atoms in total. The SMILES string of the molecule is c1ccc(N(c2ccccc2)c2ccc3c(ccc4c5cc6c7c(c5sc34)Oc3ccc4ccccc4c3B7c3c(ccc4ccccc34)O6)c2)cc1. The number of nitrogens with zero attached hydrogens (tertiary/aromatic N) is 1. The summed E-state index contributed by atoms with van der Waals surface area (Å²) in [6.07, 6.45) is 0. The van der Waals surface area contributed by atoms with Gasteiger partial charge in [0.15, 0.2) is 0 Å². The zero-order valence-corrected chi connectivity index (χ0v) is 29.2. The van der Waals surface area contributed by atoms with E-state index in [1.165, 1.54) is 53.3 Å². The van der Waals surface area contributed by atoms with Crippen LogP contribution in [-0.4, -0.2) is 6.71 Å². The first-order valence-electron chi connectivity index (χ1n) is 18.0. The zero-order valence-electron chi connectivity index (χ0n) is 28.4. The molecule has 53 heavy (non-hydrogen) atoms. The summed E-state index contributed by atoms with van der Waals surface area (Å²) in [5, 5.41) is 9.64. The molecule has 0 aliphatic carbocycles. The van der Waals surface area contributed by atoms with E-state index in [1.807, 2.05) is 11.3 Å². The third-order valence-electron chi connectivity index (χ3n) is 11.1. The molecule has 0 spiro atoms. The fraction of sp³-hybridized carbons (Fsp3) is 0. The molecule has 246 valence electrons. The standard InChI is InChI=1S/C48H28BNO2S/c1-3-13-32(14-4-1)50(33-15-5-2-6-16-33)34-22-24-37-31(27-34)19-23-38-39-28-42-45-46(48(39)53-47(37)38)52-41-26-21-30-12-8-10-18-36(30)44(41)49(45)43-35-17-9-7-11-29(35)20-25-40(43)51-42/h1-28H. The van der Waals surface area contributed by atoms with Gasteiger partial charge in [0, 0.05) is 38.0 Å². The second kappa shape index (κ2) is 11.0. The first-order chi connectivity index (χ1) is 26.3. The summed E-state index contributed by atoms with van der Waals surface area (Å²) in [6, 6.07) is 60.8. The zero-order chi connectivity index (χ0) is 34.6. The van der Waals surface area contributed by atoms with Gasteiger partial charge in [-0.05, 0) is 97.8 Å². The second-order valence-corrected chi connectivity index (χ2v) is 15.0. The third-order valence-corrected chi connectivity index (χ3v) is 12.4. The minimum absolute atomic E-state index is 0.0411. The van der Waals surface area contributed by atoms with Gasteiger partial charge < -0.3 is 14.4 Å². The molecule has 0 atom stereocenters. The molecule has 2 aliphatic heterocycles. The van der Waals surface area contributed by atoms with E-state index in [-0.39, 0.29) is 6.71 Å². The predicted octanol–water partition coefficient (Wildman–Crippen LogP) is 11.7. The highest BCUT2D eigenvalue weighted by Crippen LogP contribution is 2.49. The van der Waals surface area contributed by atoms with Crippen molar-refractivity contribution in [2.75, 3.05) is 4.90 Å². The van der Waals surface area contributed by atoms with Crippen LogP contribution in [0.3, 0.4) is 0 Å². The molecule has 0 fully saturated rings. The van der Waals surface area contributed by atoms with Crippen molar-refractivity contribution >= 4 is 104 Å². The van der Waals surface area contributed by atoms with Gasteiger partial charge in [-0.25, -0.2) is 0 Å². The number of fused-ring (bicyclic) bond motifs is 14. The fourth-order valence-electron chi connectivity index (χ4n) is 8.83. The molecular weight excluding hydrogens is 665 g/mol. The van der Waals surface area contributed by atoms with Gasteiger partial charge in [-0.15, -0.1) is 11.3 Å². The summed E-state index contributed by atoms with van der Waals surface area (Å²) in [6.45, 7) is -0.0411. The Morgan fingerprint density at radius 1 is 0.377 bits per heavy atom. The quantitative estimate of drug-likeness (QED) is 0.172. The van der Waals surface area contributed by atoms with E-state index >= 15 is 0 Å². The van der Waals surface area contributed by atoms with Gasteiger partial charge in [-0.1, -0.05) is 115 Å². The second-order valence-electron chi connectivity index (χ2n) is 14.0. The minimum Gasteiger partial charge on any atom is -0.458 e. The largest absolute Gasteiger partial charge is 0.458 e. The lowest BCUT2D eigenvalue weighted by molar-refractivity contribution is 0.470. The third kappa shape index (κ3) is 4.17. The number of rotatable bonds is 3. The van der Waals surface area contributed by atoms with E-state index in [2.05, 4.69) is 175 Å². The van der Waals surface area contributed by atoms with E-state index < -0.39 is 0 Å². The number of anilines is 3. The highest BCUT2D eigenvalue weighted by molar-refractivity contribution is 7.27. The Kier molecular flexibility index (Phi) is 6.02. The molecule has 0 bridgehead atoms. The number of thiophene rings is 1. The van der Waals surface area contributed by atoms with Gasteiger partial charge in [-0.3, -0.25) is 0 Å². The smallest absolute Gasteiger partial charge is 0.262 e. The van der Waals surface area contributed by atoms with Crippen LogP contribution in [0.5, 0.6) is 23.0 Å². The van der Waals surface area contributed by atoms with Crippen molar-refractivity contribution in [2.45, 2.75) is 0 Å². The van der Waals surface area contributed by atoms with Crippen LogP contribution < -0.4 is 30.8 Å². The molecule has 0 saturated carbocycles. The Labute approximate surface area is 310 Å². The van der Waals surface area contributed by atoms with Crippen molar-refractivity contribution in [3.63, 3.8) is 0 Å². The number of hydrogen-bond donors (Lipinski definition) is 0. The normalized spacial score (nSPS) is 12.8. The Morgan fingerprint density at radius 3 is 1.64 bits per heavy atom. The van der Waals surface area contributed by atoms with Crippen LogP contribution in [0.4, 0.5) is 17.1 Å². The lowest BCUT2D eigenvalue weighted by Crippen LogP contribution is -2.57. The highest BCUT2D eigenvalue weighted by Gasteiger charge is 2.43. The van der Waals surface area contributed by atoms with E-state index in [4.69, 9.17) is 9.47 Å². The Bertz CT molecular complexity index is 3050. The number of hydrogen-bond acceptors (Lipinski definition) is 4. The van der Waals surface area contributed by atoms with Crippen molar-refractivity contribution in [1.29, 1.82) is 0 Å². The van der Waals surface area contributed by atoms with Crippen molar-refractivity contribution in [1.82, 2.24) is 0 Å². The molecule has 10 aromatic rings. The molecule has 1 aromatic heterocycles. The van der Waals surface area contributed by atoms with Crippen molar-refractivity contribution in [2.24, 2.45) is 0 Å². The molecule has 0 N–H and O–H groups in total. The van der Waals surface area contributed by atoms with Gasteiger partial charge in [0.1, 0.15) is 23.0 Å². The maximum atomic E-state index is 7.09. The summed E-state index contributed by atoms with van der Waals surface area (Å²) in [4.78, 5) is 2.32. The van der Waals surface area contributed by atoms with Crippen molar-refractivity contribution < 1.29 is 9.47 Å². The van der Waals surface area contributed by atoms with Gasteiger partial charge >= 0.3 is 0 Å². The summed E-state index contributed by atoms with van der Waals surface area (Å²) >= 11 is 1.83. The van der Waals surface area contributed by atoms with Gasteiger partial charge in [0.05, 0.1) is 4.70 Å². The highest BCUT2D eigenvalue weighted by atomic mass is 32.1. The van der Waals surface area contributed by atoms with Crippen LogP contribution >= 0.6 is 11.3 Å². The average molecular weight is 694 g/mol. The maximum Gasteiger partial charge on any atom is 0.262 e. The first-order valence-corrected chi connectivity index (χ1v) is 18.9. The molecule has 0 amide bonds. The lowest BCUT2D eigenvalue weighted by Gasteiger charge is -2.34. The number of benzene rings is 9. The summed E-state index contributed by atoms with van der Waals surface area (Å²) in [7, 11) is 0. The summed E-state index contributed by atoms with van der Waals surface area (Å²) in [5.74, 6) is 3.60. The Hall–Kier alpha value is -6.56. The molecule has 12 rings (SSSR count). The molecule has 0 radical (unpaired) electrons. The van der Waals surface area contributed by atoms with Crippen molar-refractivity contribution in [3.8, 4) is 23.0 Å². The molecule has 0 saturated heterocycles. The van der Waals surface area contributed by atoms with Gasteiger partial charge in [-0.2, -0.15) is 0 Å². The topological polar surface area (TPSA) is 21.7 Å². The summed E-state index contributed by atoms with van der Waals surface area (Å²) < 4.78 is 16.4. The van der Waals surface area contributed by atoms with E-state index in [0.717, 1.165) is 55.6 Å². The summed E-state index contributed by atoms with van der Waals surface area (Å²) in [5.41, 5.74) is 6.90. The van der Waals surface area contributed by atoms with Crippen LogP contribution in [0.1, 0.15) is 0 Å². The molecule has 0 unspecified atom stereocenters.